The zero-order valence-electron chi connectivity index (χ0n) is 22.9. The second-order valence-corrected chi connectivity index (χ2v) is 11.6. The van der Waals surface area contributed by atoms with Gasteiger partial charge in [0.2, 0.25) is 5.95 Å². The number of aromatic nitrogens is 3. The predicted octanol–water partition coefficient (Wildman–Crippen LogP) is 3.66. The third-order valence-corrected chi connectivity index (χ3v) is 8.06. The van der Waals surface area contributed by atoms with Gasteiger partial charge in [0.1, 0.15) is 0 Å². The van der Waals surface area contributed by atoms with E-state index in [9.17, 15) is 9.18 Å². The van der Waals surface area contributed by atoms with Crippen molar-refractivity contribution in [2.75, 3.05) is 50.5 Å². The summed E-state index contributed by atoms with van der Waals surface area (Å²) >= 11 is 0. The maximum atomic E-state index is 14.7. The Morgan fingerprint density at radius 1 is 1.11 bits per heavy atom. The van der Waals surface area contributed by atoms with Gasteiger partial charge in [0, 0.05) is 55.1 Å². The first-order valence-electron chi connectivity index (χ1n) is 13.3. The number of hydrogen-bond donors (Lipinski definition) is 2. The zero-order valence-corrected chi connectivity index (χ0v) is 22.9. The number of benzene rings is 1. The molecule has 1 aromatic carbocycles. The highest BCUT2D eigenvalue weighted by Crippen LogP contribution is 2.38. The van der Waals surface area contributed by atoms with E-state index in [1.165, 1.54) is 6.20 Å². The summed E-state index contributed by atoms with van der Waals surface area (Å²) < 4.78 is 27.3. The van der Waals surface area contributed by atoms with Crippen LogP contribution in [0.3, 0.4) is 0 Å². The first-order valence-corrected chi connectivity index (χ1v) is 13.3. The van der Waals surface area contributed by atoms with E-state index in [1.807, 2.05) is 12.1 Å². The molecule has 4 heterocycles. The first kappa shape index (κ1) is 26.6. The Hall–Kier alpha value is -3.02. The summed E-state index contributed by atoms with van der Waals surface area (Å²) in [6.45, 7) is 13.3. The Balaban J connectivity index is 1.29. The minimum atomic E-state index is -0.496. The van der Waals surface area contributed by atoms with Gasteiger partial charge in [0.25, 0.3) is 0 Å². The minimum Gasteiger partial charge on any atom is -0.408 e. The van der Waals surface area contributed by atoms with Gasteiger partial charge < -0.3 is 19.8 Å². The number of halogens is 1. The van der Waals surface area contributed by atoms with Crippen LogP contribution < -0.4 is 16.4 Å². The maximum absolute atomic E-state index is 14.7. The Morgan fingerprint density at radius 3 is 2.53 bits per heavy atom. The number of anilines is 3. The van der Waals surface area contributed by atoms with Crippen LogP contribution in [0, 0.1) is 5.82 Å². The highest BCUT2D eigenvalue weighted by molar-refractivity contribution is 5.78. The number of rotatable bonds is 7. The lowest BCUT2D eigenvalue weighted by Crippen LogP contribution is -2.61. The summed E-state index contributed by atoms with van der Waals surface area (Å²) in [7, 11) is 2.14. The molecule has 0 unspecified atom stereocenters. The normalized spacial score (nSPS) is 20.6. The fourth-order valence-corrected chi connectivity index (χ4v) is 5.75. The van der Waals surface area contributed by atoms with Gasteiger partial charge in [-0.05, 0) is 59.7 Å². The monoisotopic (exact) mass is 527 g/mol. The average Bonchev–Trinajstić information content (AvgIpc) is 3.17. The predicted molar refractivity (Wildman–Crippen MR) is 146 cm³/mol. The van der Waals surface area contributed by atoms with Crippen LogP contribution in [0.2, 0.25) is 0 Å². The molecule has 5 rings (SSSR count). The van der Waals surface area contributed by atoms with Crippen molar-refractivity contribution < 1.29 is 13.5 Å². The van der Waals surface area contributed by atoms with Gasteiger partial charge in [-0.25, -0.2) is 14.2 Å². The van der Waals surface area contributed by atoms with Crippen molar-refractivity contribution in [1.29, 1.82) is 0 Å². The van der Waals surface area contributed by atoms with E-state index in [4.69, 9.17) is 9.15 Å². The lowest BCUT2D eigenvalue weighted by Gasteiger charge is -2.53. The van der Waals surface area contributed by atoms with Gasteiger partial charge in [0.15, 0.2) is 17.2 Å². The number of nitrogens with zero attached hydrogens (tertiary/aromatic N) is 5. The number of oxazole rings is 1. The number of piperidine rings is 1. The van der Waals surface area contributed by atoms with Gasteiger partial charge in [-0.15, -0.1) is 0 Å². The Bertz CT molecular complexity index is 1330. The van der Waals surface area contributed by atoms with Crippen molar-refractivity contribution in [3.8, 4) is 0 Å². The number of fused-ring (bicyclic) bond motifs is 1. The van der Waals surface area contributed by atoms with Crippen molar-refractivity contribution in [1.82, 2.24) is 24.3 Å². The smallest absolute Gasteiger partial charge is 0.408 e. The van der Waals surface area contributed by atoms with Crippen LogP contribution in [-0.4, -0.2) is 81.4 Å². The molecule has 2 aliphatic rings. The van der Waals surface area contributed by atoms with E-state index < -0.39 is 5.82 Å². The second kappa shape index (κ2) is 10.3. The standard InChI is InChI=1S/C27H38FN7O3/c1-26(2)15-19(16-27(3,4)33(26)5)30-23-20(28)17-29-24(32-23)31-18-6-7-21-22(14-18)38-25(36)35(21)9-8-34-10-12-37-13-11-34/h6-7,14,17,19H,8-13,15-16H2,1-5H3,(H2,29,30,31,32). The van der Waals surface area contributed by atoms with Crippen LogP contribution in [0.5, 0.6) is 0 Å². The summed E-state index contributed by atoms with van der Waals surface area (Å²) in [5.41, 5.74) is 1.76. The van der Waals surface area contributed by atoms with Crippen LogP contribution >= 0.6 is 0 Å². The Kier molecular flexibility index (Phi) is 7.19. The van der Waals surface area contributed by atoms with Crippen molar-refractivity contribution in [2.24, 2.45) is 0 Å². The fourth-order valence-electron chi connectivity index (χ4n) is 5.75. The molecule has 10 nitrogen and oxygen atoms in total. The van der Waals surface area contributed by atoms with Crippen LogP contribution in [0.1, 0.15) is 40.5 Å². The fraction of sp³-hybridized carbons (Fsp3) is 0.593. The summed E-state index contributed by atoms with van der Waals surface area (Å²) in [6, 6.07) is 5.48. The van der Waals surface area contributed by atoms with Crippen molar-refractivity contribution in [3.05, 3.63) is 40.8 Å². The molecule has 2 saturated heterocycles. The molecular weight excluding hydrogens is 489 g/mol. The number of likely N-dealkylation sites (tertiary alicyclic amines) is 1. The van der Waals surface area contributed by atoms with Crippen molar-refractivity contribution in [2.45, 2.75) is 64.2 Å². The number of hydrogen-bond acceptors (Lipinski definition) is 9. The molecule has 0 atom stereocenters. The number of nitrogens with one attached hydrogen (secondary N) is 2. The van der Waals surface area contributed by atoms with Crippen LogP contribution in [0.25, 0.3) is 11.1 Å². The molecule has 0 radical (unpaired) electrons. The molecule has 0 bridgehead atoms. The third kappa shape index (κ3) is 5.55. The average molecular weight is 528 g/mol. The third-order valence-electron chi connectivity index (χ3n) is 8.06. The van der Waals surface area contributed by atoms with Crippen LogP contribution in [0.15, 0.2) is 33.6 Å². The highest BCUT2D eigenvalue weighted by atomic mass is 19.1. The largest absolute Gasteiger partial charge is 0.419 e. The van der Waals surface area contributed by atoms with E-state index in [2.05, 4.69) is 65.1 Å². The molecule has 2 aromatic heterocycles. The SMILES string of the molecule is CN1C(C)(C)CC(Nc2nc(Nc3ccc4c(c3)oc(=O)n4CCN3CCOCC3)ncc2F)CC1(C)C. The topological polar surface area (TPSA) is 101 Å². The number of ether oxygens (including phenoxy) is 1. The Labute approximate surface area is 222 Å². The van der Waals surface area contributed by atoms with Crippen LogP contribution in [0.4, 0.5) is 21.8 Å². The first-order chi connectivity index (χ1) is 18.0. The van der Waals surface area contributed by atoms with Crippen LogP contribution in [-0.2, 0) is 11.3 Å². The van der Waals surface area contributed by atoms with Gasteiger partial charge in [-0.2, -0.15) is 4.98 Å². The molecule has 2 N–H and O–H groups in total. The molecule has 11 heteroatoms. The van der Waals surface area contributed by atoms with Gasteiger partial charge in [0.05, 0.1) is 24.9 Å². The summed E-state index contributed by atoms with van der Waals surface area (Å²) in [6.07, 6.45) is 2.89. The van der Waals surface area contributed by atoms with E-state index >= 15 is 0 Å². The molecule has 2 aliphatic heterocycles. The van der Waals surface area contributed by atoms with E-state index in [1.54, 1.807) is 10.6 Å². The van der Waals surface area contributed by atoms with Gasteiger partial charge in [-0.1, -0.05) is 0 Å². The van der Waals surface area contributed by atoms with E-state index in [0.29, 0.717) is 31.0 Å². The summed E-state index contributed by atoms with van der Waals surface area (Å²) in [4.78, 5) is 25.7. The minimum absolute atomic E-state index is 0.0398. The van der Waals surface area contributed by atoms with Crippen molar-refractivity contribution >= 4 is 28.6 Å². The van der Waals surface area contributed by atoms with Crippen molar-refractivity contribution in [3.63, 3.8) is 0 Å². The molecule has 0 amide bonds. The molecule has 0 spiro atoms. The van der Waals surface area contributed by atoms with E-state index in [0.717, 1.165) is 38.0 Å². The molecule has 0 saturated carbocycles. The van der Waals surface area contributed by atoms with E-state index in [-0.39, 0.29) is 34.6 Å². The Morgan fingerprint density at radius 2 is 1.82 bits per heavy atom. The molecule has 206 valence electrons. The number of morpholine rings is 1. The molecular formula is C27H38FN7O3. The van der Waals surface area contributed by atoms with Gasteiger partial charge in [-0.3, -0.25) is 14.4 Å². The van der Waals surface area contributed by atoms with Gasteiger partial charge >= 0.3 is 5.76 Å². The molecule has 38 heavy (non-hydrogen) atoms. The lowest BCUT2D eigenvalue weighted by atomic mass is 9.77. The molecule has 0 aliphatic carbocycles. The highest BCUT2D eigenvalue weighted by Gasteiger charge is 2.43. The lowest BCUT2D eigenvalue weighted by molar-refractivity contribution is -0.00778. The molecule has 3 aromatic rings. The quantitative estimate of drug-likeness (QED) is 0.477. The second-order valence-electron chi connectivity index (χ2n) is 11.6. The maximum Gasteiger partial charge on any atom is 0.419 e. The zero-order chi connectivity index (χ0) is 27.1. The molecule has 2 fully saturated rings. The summed E-state index contributed by atoms with van der Waals surface area (Å²) in [5, 5.41) is 6.44. The summed E-state index contributed by atoms with van der Waals surface area (Å²) in [5.74, 6) is -0.456.